The van der Waals surface area contributed by atoms with Crippen molar-refractivity contribution in [2.24, 2.45) is 0 Å². The van der Waals surface area contributed by atoms with Crippen LogP contribution in [-0.4, -0.2) is 133 Å². The van der Waals surface area contributed by atoms with Crippen LogP contribution in [0.4, 0.5) is 11.6 Å². The van der Waals surface area contributed by atoms with Gasteiger partial charge in [-0.1, -0.05) is 6.42 Å². The summed E-state index contributed by atoms with van der Waals surface area (Å²) in [6, 6.07) is 16.2. The molecule has 11 rings (SSSR count). The zero-order valence-electron chi connectivity index (χ0n) is 37.6. The standard InChI is InChI=1S/C50H57N9O6/c1-55-15-11-33(12-16-55)56-17-21-58(22-18-56)45-37(9-5-13-51-45)48-54-42-30-36(63-3)28-40(44(42)50(61)65-48)32-25-34(26-32)57-19-23-59(24-20-57)46-38(10-6-14-52-46)47-53-41-29-35(62-2)27-39(31-7-4-8-31)43(41)49(60)64-47/h5-6,9-10,13-14,27-34H,4,7-8,11-12,15-26H2,1-3H3. The lowest BCUT2D eigenvalue weighted by Gasteiger charge is -2.47. The molecule has 15 heteroatoms. The Labute approximate surface area is 378 Å². The Morgan fingerprint density at radius 2 is 1.06 bits per heavy atom. The van der Waals surface area contributed by atoms with Gasteiger partial charge in [0.25, 0.3) is 0 Å². The quantitative estimate of drug-likeness (QED) is 0.150. The number of hydrogen-bond donors (Lipinski definition) is 0. The van der Waals surface area contributed by atoms with E-state index < -0.39 is 0 Å². The number of likely N-dealkylation sites (tertiary alicyclic amines) is 1. The second kappa shape index (κ2) is 17.5. The van der Waals surface area contributed by atoms with Gasteiger partial charge in [0.15, 0.2) is 0 Å². The van der Waals surface area contributed by atoms with Crippen LogP contribution in [0, 0.1) is 0 Å². The Morgan fingerprint density at radius 1 is 0.585 bits per heavy atom. The van der Waals surface area contributed by atoms with Crippen LogP contribution < -0.4 is 30.5 Å². The van der Waals surface area contributed by atoms with Crippen molar-refractivity contribution in [3.8, 4) is 34.4 Å². The van der Waals surface area contributed by atoms with Crippen LogP contribution in [-0.2, 0) is 0 Å². The fourth-order valence-corrected chi connectivity index (χ4v) is 11.0. The molecule has 0 unspecified atom stereocenters. The van der Waals surface area contributed by atoms with Crippen molar-refractivity contribution in [1.29, 1.82) is 0 Å². The van der Waals surface area contributed by atoms with E-state index in [1.54, 1.807) is 26.6 Å². The van der Waals surface area contributed by atoms with E-state index in [-0.39, 0.29) is 29.0 Å². The first-order valence-electron chi connectivity index (χ1n) is 23.4. The van der Waals surface area contributed by atoms with Crippen LogP contribution in [0.25, 0.3) is 44.7 Å². The molecule has 7 heterocycles. The molecule has 3 saturated heterocycles. The largest absolute Gasteiger partial charge is 0.497 e. The van der Waals surface area contributed by atoms with Crippen molar-refractivity contribution in [1.82, 2.24) is 34.6 Å². The molecule has 338 valence electrons. The monoisotopic (exact) mass is 879 g/mol. The Bertz CT molecular complexity index is 2830. The third kappa shape index (κ3) is 7.90. The van der Waals surface area contributed by atoms with Gasteiger partial charge < -0.3 is 33.0 Å². The topological polar surface area (TPSA) is 147 Å². The molecule has 6 aromatic rings. The fourth-order valence-electron chi connectivity index (χ4n) is 11.0. The number of piperazine rings is 2. The summed E-state index contributed by atoms with van der Waals surface area (Å²) in [6.45, 7) is 9.16. The van der Waals surface area contributed by atoms with Crippen LogP contribution in [0.3, 0.4) is 0 Å². The smallest absolute Gasteiger partial charge is 0.347 e. The van der Waals surface area contributed by atoms with Gasteiger partial charge in [-0.3, -0.25) is 9.80 Å². The van der Waals surface area contributed by atoms with E-state index in [0.717, 1.165) is 126 Å². The fraction of sp³-hybridized carbons (Fsp3) is 0.480. The van der Waals surface area contributed by atoms with E-state index in [4.69, 9.17) is 38.2 Å². The molecule has 4 aromatic heterocycles. The minimum Gasteiger partial charge on any atom is -0.497 e. The predicted molar refractivity (Wildman–Crippen MR) is 251 cm³/mol. The van der Waals surface area contributed by atoms with Crippen molar-refractivity contribution in [3.05, 3.63) is 92.9 Å². The highest BCUT2D eigenvalue weighted by Gasteiger charge is 2.38. The molecule has 5 aliphatic rings. The minimum atomic E-state index is -0.387. The van der Waals surface area contributed by atoms with E-state index in [9.17, 15) is 9.59 Å². The molecule has 2 saturated carbocycles. The average Bonchev–Trinajstić information content (AvgIpc) is 3.30. The van der Waals surface area contributed by atoms with Crippen molar-refractivity contribution in [2.75, 3.05) is 96.5 Å². The molecule has 2 aliphatic carbocycles. The number of benzene rings is 2. The number of hydrogen-bond acceptors (Lipinski definition) is 15. The highest BCUT2D eigenvalue weighted by molar-refractivity contribution is 5.86. The van der Waals surface area contributed by atoms with E-state index in [0.29, 0.717) is 56.9 Å². The van der Waals surface area contributed by atoms with Crippen LogP contribution >= 0.6 is 0 Å². The molecule has 0 radical (unpaired) electrons. The number of aromatic nitrogens is 4. The molecule has 0 amide bonds. The van der Waals surface area contributed by atoms with Crippen molar-refractivity contribution >= 4 is 33.4 Å². The van der Waals surface area contributed by atoms with Crippen LogP contribution in [0.15, 0.2) is 79.3 Å². The molecule has 0 bridgehead atoms. The number of anilines is 2. The minimum absolute atomic E-state index is 0.161. The highest BCUT2D eigenvalue weighted by atomic mass is 16.5. The molecule has 0 spiro atoms. The summed E-state index contributed by atoms with van der Waals surface area (Å²) in [5.41, 5.74) is 3.70. The van der Waals surface area contributed by atoms with Crippen molar-refractivity contribution < 1.29 is 18.3 Å². The zero-order valence-corrected chi connectivity index (χ0v) is 37.6. The molecule has 0 atom stereocenters. The van der Waals surface area contributed by atoms with Gasteiger partial charge in [0, 0.05) is 89.0 Å². The number of pyridine rings is 2. The van der Waals surface area contributed by atoms with E-state index in [1.165, 1.54) is 12.8 Å². The van der Waals surface area contributed by atoms with E-state index in [1.807, 2.05) is 48.5 Å². The number of nitrogens with zero attached hydrogens (tertiary/aromatic N) is 9. The van der Waals surface area contributed by atoms with Gasteiger partial charge in [0.1, 0.15) is 23.1 Å². The number of ether oxygens (including phenoxy) is 2. The third-order valence-electron chi connectivity index (χ3n) is 15.0. The molecule has 65 heavy (non-hydrogen) atoms. The average molecular weight is 880 g/mol. The SMILES string of the molecule is COc1cc(C2CCC2)c2c(=O)oc(-c3cccnc3N3CCN(C4CC(c5cc(OC)cc6nc(-c7cccnc7N7CCN(C8CCN(C)CC8)CC7)oc(=O)c56)C4)CC3)nc2c1. The van der Waals surface area contributed by atoms with Crippen molar-refractivity contribution in [2.45, 2.75) is 68.9 Å². The summed E-state index contributed by atoms with van der Waals surface area (Å²) in [7, 11) is 5.51. The summed E-state index contributed by atoms with van der Waals surface area (Å²) < 4.78 is 23.5. The van der Waals surface area contributed by atoms with Gasteiger partial charge in [0.05, 0.1) is 47.2 Å². The molecule has 5 fully saturated rings. The summed E-state index contributed by atoms with van der Waals surface area (Å²) in [6.07, 6.45) is 11.1. The Hall–Kier alpha value is -5.90. The number of rotatable bonds is 10. The van der Waals surface area contributed by atoms with Crippen molar-refractivity contribution in [3.63, 3.8) is 0 Å². The Kier molecular flexibility index (Phi) is 11.2. The van der Waals surface area contributed by atoms with Crippen LogP contribution in [0.5, 0.6) is 11.5 Å². The first kappa shape index (κ1) is 41.8. The van der Waals surface area contributed by atoms with Crippen LogP contribution in [0.2, 0.25) is 0 Å². The lowest BCUT2D eigenvalue weighted by Crippen LogP contribution is -2.54. The maximum absolute atomic E-state index is 14.1. The van der Waals surface area contributed by atoms with Gasteiger partial charge in [-0.2, -0.15) is 0 Å². The molecule has 15 nitrogen and oxygen atoms in total. The molecular weight excluding hydrogens is 823 g/mol. The first-order chi connectivity index (χ1) is 31.8. The first-order valence-corrected chi connectivity index (χ1v) is 23.4. The maximum atomic E-state index is 14.1. The highest BCUT2D eigenvalue weighted by Crippen LogP contribution is 2.45. The number of methoxy groups -OCH3 is 2. The van der Waals surface area contributed by atoms with E-state index >= 15 is 0 Å². The molecule has 2 aromatic carbocycles. The normalized spacial score (nSPS) is 21.7. The Balaban J connectivity index is 0.779. The third-order valence-corrected chi connectivity index (χ3v) is 15.0. The molecule has 0 N–H and O–H groups in total. The maximum Gasteiger partial charge on any atom is 0.347 e. The van der Waals surface area contributed by atoms with Gasteiger partial charge in [-0.15, -0.1) is 0 Å². The zero-order chi connectivity index (χ0) is 44.2. The van der Waals surface area contributed by atoms with Gasteiger partial charge in [0.2, 0.25) is 11.8 Å². The van der Waals surface area contributed by atoms with Crippen LogP contribution in [0.1, 0.15) is 67.9 Å². The summed E-state index contributed by atoms with van der Waals surface area (Å²) in [5, 5.41) is 1.07. The lowest BCUT2D eigenvalue weighted by atomic mass is 9.74. The molecule has 3 aliphatic heterocycles. The molecular formula is C50H57N9O6. The summed E-state index contributed by atoms with van der Waals surface area (Å²) in [5.74, 6) is 3.93. The Morgan fingerprint density at radius 3 is 1.52 bits per heavy atom. The van der Waals surface area contributed by atoms with Gasteiger partial charge in [-0.05, 0) is 118 Å². The van der Waals surface area contributed by atoms with E-state index in [2.05, 4.69) is 31.5 Å². The van der Waals surface area contributed by atoms with Gasteiger partial charge in [-0.25, -0.2) is 29.5 Å². The van der Waals surface area contributed by atoms with Gasteiger partial charge >= 0.3 is 11.3 Å². The summed E-state index contributed by atoms with van der Waals surface area (Å²) in [4.78, 5) is 59.3. The second-order valence-electron chi connectivity index (χ2n) is 18.6. The number of piperidine rings is 1. The second-order valence-corrected chi connectivity index (χ2v) is 18.6. The summed E-state index contributed by atoms with van der Waals surface area (Å²) >= 11 is 0. The number of fused-ring (bicyclic) bond motifs is 2. The predicted octanol–water partition coefficient (Wildman–Crippen LogP) is 6.38. The lowest BCUT2D eigenvalue weighted by molar-refractivity contribution is 0.102.